The van der Waals surface area contributed by atoms with E-state index in [0.717, 1.165) is 16.5 Å². The molecular formula is C11H16BrNO2. The number of pyridine rings is 1. The third-order valence-electron chi connectivity index (χ3n) is 2.34. The molecule has 0 amide bonds. The van der Waals surface area contributed by atoms with Crippen LogP contribution in [-0.4, -0.2) is 29.4 Å². The predicted octanol–water partition coefficient (Wildman–Crippen LogP) is 2.17. The number of methoxy groups -OCH3 is 1. The van der Waals surface area contributed by atoms with E-state index in [1.165, 1.54) is 0 Å². The van der Waals surface area contributed by atoms with Crippen LogP contribution in [0.1, 0.15) is 18.9 Å². The minimum absolute atomic E-state index is 0.107. The first-order valence-corrected chi connectivity index (χ1v) is 5.77. The van der Waals surface area contributed by atoms with Crippen LogP contribution in [0.5, 0.6) is 0 Å². The van der Waals surface area contributed by atoms with Gasteiger partial charge in [-0.05, 0) is 34.0 Å². The van der Waals surface area contributed by atoms with Crippen LogP contribution in [0.25, 0.3) is 0 Å². The molecule has 1 rings (SSSR count). The lowest BCUT2D eigenvalue weighted by atomic mass is 10.0. The Morgan fingerprint density at radius 1 is 1.53 bits per heavy atom. The van der Waals surface area contributed by atoms with Gasteiger partial charge >= 0.3 is 0 Å². The highest BCUT2D eigenvalue weighted by atomic mass is 79.9. The highest BCUT2D eigenvalue weighted by molar-refractivity contribution is 9.10. The standard InChI is InChI=1S/C11H16BrNO2/c1-3-11(15-2)10(14)5-8-4-9(12)7-13-6-8/h4,6-7,10-11,14H,3,5H2,1-2H3. The van der Waals surface area contributed by atoms with Gasteiger partial charge in [0.25, 0.3) is 0 Å². The molecule has 2 atom stereocenters. The van der Waals surface area contributed by atoms with Gasteiger partial charge in [0.15, 0.2) is 0 Å². The van der Waals surface area contributed by atoms with E-state index in [2.05, 4.69) is 20.9 Å². The summed E-state index contributed by atoms with van der Waals surface area (Å²) < 4.78 is 6.11. The number of halogens is 1. The molecule has 1 heterocycles. The van der Waals surface area contributed by atoms with Crippen molar-refractivity contribution in [2.45, 2.75) is 32.0 Å². The maximum atomic E-state index is 9.89. The van der Waals surface area contributed by atoms with Crippen LogP contribution >= 0.6 is 15.9 Å². The van der Waals surface area contributed by atoms with Gasteiger partial charge in [-0.2, -0.15) is 0 Å². The molecule has 0 radical (unpaired) electrons. The Balaban J connectivity index is 2.61. The summed E-state index contributed by atoms with van der Waals surface area (Å²) >= 11 is 3.35. The Morgan fingerprint density at radius 2 is 2.27 bits per heavy atom. The highest BCUT2D eigenvalue weighted by Crippen LogP contribution is 2.14. The number of nitrogens with zero attached hydrogens (tertiary/aromatic N) is 1. The first-order chi connectivity index (χ1) is 7.17. The van der Waals surface area contributed by atoms with E-state index in [9.17, 15) is 5.11 Å². The van der Waals surface area contributed by atoms with Gasteiger partial charge in [0.05, 0.1) is 12.2 Å². The number of aliphatic hydroxyl groups is 1. The van der Waals surface area contributed by atoms with Crippen LogP contribution in [0.4, 0.5) is 0 Å². The quantitative estimate of drug-likeness (QED) is 0.894. The Morgan fingerprint density at radius 3 is 2.80 bits per heavy atom. The zero-order valence-corrected chi connectivity index (χ0v) is 10.6. The molecule has 0 fully saturated rings. The van der Waals surface area contributed by atoms with E-state index in [-0.39, 0.29) is 6.10 Å². The summed E-state index contributed by atoms with van der Waals surface area (Å²) in [7, 11) is 1.62. The molecule has 1 aromatic rings. The molecule has 0 spiro atoms. The van der Waals surface area contributed by atoms with E-state index in [1.54, 1.807) is 19.5 Å². The van der Waals surface area contributed by atoms with Crippen molar-refractivity contribution in [1.82, 2.24) is 4.98 Å². The molecule has 3 nitrogen and oxygen atoms in total. The molecule has 4 heteroatoms. The Bertz CT molecular complexity index is 302. The summed E-state index contributed by atoms with van der Waals surface area (Å²) in [5, 5.41) is 9.89. The van der Waals surface area contributed by atoms with Crippen LogP contribution in [0.3, 0.4) is 0 Å². The summed E-state index contributed by atoms with van der Waals surface area (Å²) in [6, 6.07) is 1.96. The minimum Gasteiger partial charge on any atom is -0.390 e. The van der Waals surface area contributed by atoms with E-state index in [0.29, 0.717) is 6.42 Å². The molecule has 84 valence electrons. The minimum atomic E-state index is -0.476. The number of aromatic nitrogens is 1. The van der Waals surface area contributed by atoms with Crippen LogP contribution in [-0.2, 0) is 11.2 Å². The summed E-state index contributed by atoms with van der Waals surface area (Å²) in [6.07, 6.45) is 4.28. The van der Waals surface area contributed by atoms with Crippen LogP contribution in [0, 0.1) is 0 Å². The third kappa shape index (κ3) is 3.89. The Labute approximate surface area is 98.6 Å². The summed E-state index contributed by atoms with van der Waals surface area (Å²) in [6.45, 7) is 2.00. The first-order valence-electron chi connectivity index (χ1n) is 4.97. The number of rotatable bonds is 5. The van der Waals surface area contributed by atoms with Crippen molar-refractivity contribution in [1.29, 1.82) is 0 Å². The van der Waals surface area contributed by atoms with Gasteiger partial charge in [-0.3, -0.25) is 4.98 Å². The lowest BCUT2D eigenvalue weighted by Crippen LogP contribution is -2.29. The number of hydrogen-bond donors (Lipinski definition) is 1. The summed E-state index contributed by atoms with van der Waals surface area (Å²) in [4.78, 5) is 4.05. The van der Waals surface area contributed by atoms with Gasteiger partial charge < -0.3 is 9.84 Å². The van der Waals surface area contributed by atoms with Gasteiger partial charge in [0.1, 0.15) is 0 Å². The second-order valence-corrected chi connectivity index (χ2v) is 4.38. The van der Waals surface area contributed by atoms with Crippen molar-refractivity contribution in [2.75, 3.05) is 7.11 Å². The van der Waals surface area contributed by atoms with E-state index < -0.39 is 6.10 Å². The van der Waals surface area contributed by atoms with Crippen molar-refractivity contribution in [2.24, 2.45) is 0 Å². The molecule has 0 saturated carbocycles. The molecule has 0 aliphatic rings. The van der Waals surface area contributed by atoms with Gasteiger partial charge in [-0.25, -0.2) is 0 Å². The average molecular weight is 274 g/mol. The van der Waals surface area contributed by atoms with Crippen LogP contribution in [0.2, 0.25) is 0 Å². The lowest BCUT2D eigenvalue weighted by molar-refractivity contribution is -0.0128. The molecule has 0 aliphatic carbocycles. The van der Waals surface area contributed by atoms with Crippen molar-refractivity contribution in [3.05, 3.63) is 28.5 Å². The average Bonchev–Trinajstić information content (AvgIpc) is 2.19. The van der Waals surface area contributed by atoms with E-state index in [1.807, 2.05) is 13.0 Å². The van der Waals surface area contributed by atoms with Crippen molar-refractivity contribution < 1.29 is 9.84 Å². The van der Waals surface area contributed by atoms with Crippen molar-refractivity contribution in [3.8, 4) is 0 Å². The molecule has 1 aromatic heterocycles. The largest absolute Gasteiger partial charge is 0.390 e. The number of hydrogen-bond acceptors (Lipinski definition) is 3. The predicted molar refractivity (Wildman–Crippen MR) is 62.7 cm³/mol. The summed E-state index contributed by atoms with van der Waals surface area (Å²) in [5.41, 5.74) is 1.01. The third-order valence-corrected chi connectivity index (χ3v) is 2.77. The number of ether oxygens (including phenoxy) is 1. The Kier molecular flexibility index (Phi) is 5.22. The van der Waals surface area contributed by atoms with Gasteiger partial charge in [0.2, 0.25) is 0 Å². The molecule has 1 N–H and O–H groups in total. The Hall–Kier alpha value is -0.450. The monoisotopic (exact) mass is 273 g/mol. The van der Waals surface area contributed by atoms with Crippen molar-refractivity contribution >= 4 is 15.9 Å². The SMILES string of the molecule is CCC(OC)C(O)Cc1cncc(Br)c1. The molecule has 2 unspecified atom stereocenters. The maximum absolute atomic E-state index is 9.89. The zero-order valence-electron chi connectivity index (χ0n) is 8.98. The number of aliphatic hydroxyl groups excluding tert-OH is 1. The second-order valence-electron chi connectivity index (χ2n) is 3.47. The summed E-state index contributed by atoms with van der Waals surface area (Å²) in [5.74, 6) is 0. The van der Waals surface area contributed by atoms with Gasteiger partial charge in [0, 0.05) is 30.4 Å². The first kappa shape index (κ1) is 12.6. The normalized spacial score (nSPS) is 14.9. The zero-order chi connectivity index (χ0) is 11.3. The van der Waals surface area contributed by atoms with E-state index in [4.69, 9.17) is 4.74 Å². The van der Waals surface area contributed by atoms with Crippen LogP contribution in [0.15, 0.2) is 22.9 Å². The fourth-order valence-corrected chi connectivity index (χ4v) is 1.95. The molecular weight excluding hydrogens is 258 g/mol. The van der Waals surface area contributed by atoms with Crippen molar-refractivity contribution in [3.63, 3.8) is 0 Å². The molecule has 0 bridgehead atoms. The molecule has 15 heavy (non-hydrogen) atoms. The molecule has 0 aromatic carbocycles. The molecule has 0 saturated heterocycles. The van der Waals surface area contributed by atoms with E-state index >= 15 is 0 Å². The topological polar surface area (TPSA) is 42.4 Å². The fourth-order valence-electron chi connectivity index (χ4n) is 1.54. The van der Waals surface area contributed by atoms with Gasteiger partial charge in [-0.1, -0.05) is 6.92 Å². The second kappa shape index (κ2) is 6.20. The van der Waals surface area contributed by atoms with Gasteiger partial charge in [-0.15, -0.1) is 0 Å². The fraction of sp³-hybridized carbons (Fsp3) is 0.545. The molecule has 0 aliphatic heterocycles. The smallest absolute Gasteiger partial charge is 0.0842 e. The lowest BCUT2D eigenvalue weighted by Gasteiger charge is -2.19. The highest BCUT2D eigenvalue weighted by Gasteiger charge is 2.17. The van der Waals surface area contributed by atoms with Crippen LogP contribution < -0.4 is 0 Å². The maximum Gasteiger partial charge on any atom is 0.0842 e.